The molecule has 7 heteroatoms. The second-order valence-electron chi connectivity index (χ2n) is 3.53. The number of benzene rings is 1. The Morgan fingerprint density at radius 3 is 2.44 bits per heavy atom. The highest BCUT2D eigenvalue weighted by molar-refractivity contribution is 5.95. The van der Waals surface area contributed by atoms with Crippen molar-refractivity contribution in [3.63, 3.8) is 0 Å². The number of carbonyl (C=O) groups is 2. The number of anilines is 1. The van der Waals surface area contributed by atoms with Gasteiger partial charge in [-0.05, 0) is 6.07 Å². The van der Waals surface area contributed by atoms with Gasteiger partial charge in [0.25, 0.3) is 0 Å². The molecule has 18 heavy (non-hydrogen) atoms. The van der Waals surface area contributed by atoms with E-state index in [2.05, 4.69) is 4.74 Å². The number of aliphatic hydroxyl groups is 2. The molecule has 2 unspecified atom stereocenters. The standard InChI is InChI=1S/C11H13NO6/c1-18-11(17)9(14)8(13)5-3-2-4-6(12)7(5)10(15)16/h2-4,8-9,13-14H,12H2,1H3,(H,15,16). The maximum absolute atomic E-state index is 11.1. The molecule has 0 bridgehead atoms. The quantitative estimate of drug-likeness (QED) is 0.422. The van der Waals surface area contributed by atoms with Gasteiger partial charge in [0.2, 0.25) is 0 Å². The zero-order chi connectivity index (χ0) is 13.9. The Kier molecular flexibility index (Phi) is 4.24. The Morgan fingerprint density at radius 1 is 1.33 bits per heavy atom. The highest BCUT2D eigenvalue weighted by atomic mass is 16.5. The Balaban J connectivity index is 3.21. The van der Waals surface area contributed by atoms with Crippen LogP contribution in [-0.2, 0) is 9.53 Å². The Labute approximate surface area is 102 Å². The third kappa shape index (κ3) is 2.58. The monoisotopic (exact) mass is 255 g/mol. The highest BCUT2D eigenvalue weighted by Gasteiger charge is 2.30. The van der Waals surface area contributed by atoms with E-state index in [1.54, 1.807) is 0 Å². The molecule has 0 aliphatic carbocycles. The topological polar surface area (TPSA) is 130 Å². The largest absolute Gasteiger partial charge is 0.478 e. The molecule has 0 saturated heterocycles. The molecule has 0 fully saturated rings. The van der Waals surface area contributed by atoms with Crippen LogP contribution in [0.5, 0.6) is 0 Å². The van der Waals surface area contributed by atoms with E-state index in [0.717, 1.165) is 7.11 Å². The summed E-state index contributed by atoms with van der Waals surface area (Å²) in [5.74, 6) is -2.43. The predicted octanol–water partition coefficient (Wildman–Crippen LogP) is -0.466. The molecular formula is C11H13NO6. The number of hydrogen-bond acceptors (Lipinski definition) is 6. The number of carbonyl (C=O) groups excluding carboxylic acids is 1. The average molecular weight is 255 g/mol. The van der Waals surface area contributed by atoms with E-state index in [9.17, 15) is 19.8 Å². The van der Waals surface area contributed by atoms with E-state index in [1.165, 1.54) is 18.2 Å². The van der Waals surface area contributed by atoms with Crippen LogP contribution < -0.4 is 5.73 Å². The fourth-order valence-electron chi connectivity index (χ4n) is 1.50. The lowest BCUT2D eigenvalue weighted by Gasteiger charge is -2.18. The number of carboxylic acid groups (broad SMARTS) is 1. The molecule has 5 N–H and O–H groups in total. The minimum absolute atomic E-state index is 0.0730. The van der Waals surface area contributed by atoms with E-state index in [1.807, 2.05) is 0 Å². The first-order valence-electron chi connectivity index (χ1n) is 4.95. The molecule has 0 radical (unpaired) electrons. The van der Waals surface area contributed by atoms with Gasteiger partial charge in [0.05, 0.1) is 12.7 Å². The number of nitrogen functional groups attached to an aromatic ring is 1. The molecule has 0 spiro atoms. The molecule has 1 rings (SSSR count). The lowest BCUT2D eigenvalue weighted by Crippen LogP contribution is -2.30. The van der Waals surface area contributed by atoms with Gasteiger partial charge in [-0.3, -0.25) is 0 Å². The van der Waals surface area contributed by atoms with Gasteiger partial charge < -0.3 is 25.8 Å². The van der Waals surface area contributed by atoms with Crippen LogP contribution in [0.3, 0.4) is 0 Å². The van der Waals surface area contributed by atoms with Crippen molar-refractivity contribution in [2.75, 3.05) is 12.8 Å². The molecule has 0 amide bonds. The Hall–Kier alpha value is -2.12. The molecule has 7 nitrogen and oxygen atoms in total. The minimum Gasteiger partial charge on any atom is -0.478 e. The van der Waals surface area contributed by atoms with E-state index >= 15 is 0 Å². The fourth-order valence-corrected chi connectivity index (χ4v) is 1.50. The molecule has 2 atom stereocenters. The number of nitrogens with two attached hydrogens (primary N) is 1. The van der Waals surface area contributed by atoms with Crippen LogP contribution in [0.25, 0.3) is 0 Å². The molecular weight excluding hydrogens is 242 g/mol. The number of methoxy groups -OCH3 is 1. The van der Waals surface area contributed by atoms with Crippen LogP contribution in [0.2, 0.25) is 0 Å². The van der Waals surface area contributed by atoms with Crippen molar-refractivity contribution >= 4 is 17.6 Å². The van der Waals surface area contributed by atoms with E-state index in [4.69, 9.17) is 10.8 Å². The lowest BCUT2D eigenvalue weighted by atomic mass is 9.97. The average Bonchev–Trinajstić information content (AvgIpc) is 2.35. The lowest BCUT2D eigenvalue weighted by molar-refractivity contribution is -0.156. The Bertz CT molecular complexity index is 473. The summed E-state index contributed by atoms with van der Waals surface area (Å²) in [6, 6.07) is 4.01. The first kappa shape index (κ1) is 13.9. The SMILES string of the molecule is COC(=O)C(O)C(O)c1cccc(N)c1C(=O)O. The van der Waals surface area contributed by atoms with Crippen molar-refractivity contribution in [1.82, 2.24) is 0 Å². The molecule has 0 aliphatic rings. The third-order valence-electron chi connectivity index (χ3n) is 2.40. The van der Waals surface area contributed by atoms with Crippen LogP contribution in [0.15, 0.2) is 18.2 Å². The first-order valence-corrected chi connectivity index (χ1v) is 4.95. The van der Waals surface area contributed by atoms with Crippen molar-refractivity contribution in [3.8, 4) is 0 Å². The number of aliphatic hydroxyl groups excluding tert-OH is 2. The summed E-state index contributed by atoms with van der Waals surface area (Å²) < 4.78 is 4.26. The zero-order valence-corrected chi connectivity index (χ0v) is 9.53. The van der Waals surface area contributed by atoms with Gasteiger partial charge in [0, 0.05) is 11.3 Å². The third-order valence-corrected chi connectivity index (χ3v) is 2.40. The van der Waals surface area contributed by atoms with Crippen LogP contribution in [0, 0.1) is 0 Å². The van der Waals surface area contributed by atoms with E-state index < -0.39 is 24.1 Å². The molecule has 1 aromatic carbocycles. The summed E-state index contributed by atoms with van der Waals surface area (Å²) in [6.45, 7) is 0. The minimum atomic E-state index is -1.88. The summed E-state index contributed by atoms with van der Waals surface area (Å²) in [7, 11) is 1.04. The van der Waals surface area contributed by atoms with Crippen molar-refractivity contribution in [2.24, 2.45) is 0 Å². The maximum Gasteiger partial charge on any atom is 0.338 e. The maximum atomic E-state index is 11.1. The summed E-state index contributed by atoms with van der Waals surface area (Å²) in [5.41, 5.74) is 4.90. The number of aromatic carboxylic acids is 1. The zero-order valence-electron chi connectivity index (χ0n) is 9.53. The molecule has 1 aromatic rings. The normalized spacial score (nSPS) is 13.7. The second-order valence-corrected chi connectivity index (χ2v) is 3.53. The highest BCUT2D eigenvalue weighted by Crippen LogP contribution is 2.26. The number of carboxylic acids is 1. The van der Waals surface area contributed by atoms with Gasteiger partial charge in [0.1, 0.15) is 6.10 Å². The Morgan fingerprint density at radius 2 is 1.94 bits per heavy atom. The van der Waals surface area contributed by atoms with Gasteiger partial charge in [-0.2, -0.15) is 0 Å². The van der Waals surface area contributed by atoms with Gasteiger partial charge >= 0.3 is 11.9 Å². The number of esters is 1. The number of ether oxygens (including phenoxy) is 1. The fraction of sp³-hybridized carbons (Fsp3) is 0.273. The summed E-state index contributed by atoms with van der Waals surface area (Å²) >= 11 is 0. The molecule has 0 aromatic heterocycles. The van der Waals surface area contributed by atoms with Gasteiger partial charge in [0.15, 0.2) is 6.10 Å². The van der Waals surface area contributed by atoms with Gasteiger partial charge in [-0.15, -0.1) is 0 Å². The summed E-state index contributed by atoms with van der Waals surface area (Å²) in [4.78, 5) is 22.1. The molecule has 0 aliphatic heterocycles. The van der Waals surface area contributed by atoms with E-state index in [0.29, 0.717) is 0 Å². The molecule has 0 saturated carbocycles. The van der Waals surface area contributed by atoms with Crippen molar-refractivity contribution in [3.05, 3.63) is 29.3 Å². The first-order chi connectivity index (χ1) is 8.40. The van der Waals surface area contributed by atoms with Crippen molar-refractivity contribution in [1.29, 1.82) is 0 Å². The van der Waals surface area contributed by atoms with Gasteiger partial charge in [-0.25, -0.2) is 9.59 Å². The molecule has 0 heterocycles. The summed E-state index contributed by atoms with van der Waals surface area (Å²) in [5, 5.41) is 28.2. The van der Waals surface area contributed by atoms with Crippen LogP contribution >= 0.6 is 0 Å². The van der Waals surface area contributed by atoms with E-state index in [-0.39, 0.29) is 16.8 Å². The molecule has 98 valence electrons. The van der Waals surface area contributed by atoms with Crippen molar-refractivity contribution in [2.45, 2.75) is 12.2 Å². The predicted molar refractivity (Wildman–Crippen MR) is 60.8 cm³/mol. The van der Waals surface area contributed by atoms with Crippen molar-refractivity contribution < 1.29 is 29.6 Å². The van der Waals surface area contributed by atoms with Gasteiger partial charge in [-0.1, -0.05) is 12.1 Å². The van der Waals surface area contributed by atoms with Crippen LogP contribution in [-0.4, -0.2) is 40.5 Å². The number of hydrogen-bond donors (Lipinski definition) is 4. The van der Waals surface area contributed by atoms with Crippen LogP contribution in [0.4, 0.5) is 5.69 Å². The second kappa shape index (κ2) is 5.48. The smallest absolute Gasteiger partial charge is 0.338 e. The number of rotatable bonds is 4. The van der Waals surface area contributed by atoms with Crippen LogP contribution in [0.1, 0.15) is 22.0 Å². The summed E-state index contributed by atoms with van der Waals surface area (Å²) in [6.07, 6.45) is -3.61.